The largest absolute Gasteiger partial charge is 0.416 e. The highest BCUT2D eigenvalue weighted by molar-refractivity contribution is 5.94. The Morgan fingerprint density at radius 1 is 1.28 bits per heavy atom. The van der Waals surface area contributed by atoms with E-state index in [4.69, 9.17) is 0 Å². The number of carbonyl (C=O) groups excluding carboxylic acids is 2. The van der Waals surface area contributed by atoms with Crippen LogP contribution in [0.1, 0.15) is 12.5 Å². The van der Waals surface area contributed by atoms with Crippen molar-refractivity contribution >= 4 is 17.5 Å². The number of amides is 2. The van der Waals surface area contributed by atoms with Gasteiger partial charge in [0.25, 0.3) is 0 Å². The predicted molar refractivity (Wildman–Crippen MR) is 58.8 cm³/mol. The van der Waals surface area contributed by atoms with Crippen LogP contribution in [0, 0.1) is 0 Å². The Kier molecular flexibility index (Phi) is 4.30. The van der Waals surface area contributed by atoms with Crippen molar-refractivity contribution in [2.24, 2.45) is 0 Å². The lowest BCUT2D eigenvalue weighted by Gasteiger charge is -2.09. The number of benzene rings is 1. The summed E-state index contributed by atoms with van der Waals surface area (Å²) in [5.41, 5.74) is -0.819. The lowest BCUT2D eigenvalue weighted by atomic mass is 10.2. The van der Waals surface area contributed by atoms with Gasteiger partial charge in [-0.2, -0.15) is 13.2 Å². The Labute approximate surface area is 101 Å². The molecule has 1 aromatic carbocycles. The standard InChI is InChI=1S/C11H11F3N2O2/c1-7(17)15-6-10(18)16-9-4-2-3-8(5-9)11(12,13)14/h2-5H,6H2,1H3,(H,15,17)(H,16,18). The topological polar surface area (TPSA) is 58.2 Å². The van der Waals surface area contributed by atoms with Gasteiger partial charge < -0.3 is 10.6 Å². The minimum atomic E-state index is -4.46. The van der Waals surface area contributed by atoms with E-state index in [9.17, 15) is 22.8 Å². The summed E-state index contributed by atoms with van der Waals surface area (Å²) in [5.74, 6) is -0.987. The highest BCUT2D eigenvalue weighted by Gasteiger charge is 2.30. The van der Waals surface area contributed by atoms with E-state index >= 15 is 0 Å². The average molecular weight is 260 g/mol. The van der Waals surface area contributed by atoms with E-state index in [2.05, 4.69) is 10.6 Å². The number of anilines is 1. The molecule has 0 aliphatic rings. The van der Waals surface area contributed by atoms with Crippen LogP contribution in [0.4, 0.5) is 18.9 Å². The highest BCUT2D eigenvalue weighted by Crippen LogP contribution is 2.30. The summed E-state index contributed by atoms with van der Waals surface area (Å²) >= 11 is 0. The predicted octanol–water partition coefficient (Wildman–Crippen LogP) is 1.78. The zero-order valence-corrected chi connectivity index (χ0v) is 9.47. The maximum absolute atomic E-state index is 12.4. The van der Waals surface area contributed by atoms with Crippen LogP contribution in [0.15, 0.2) is 24.3 Å². The fourth-order valence-corrected chi connectivity index (χ4v) is 1.18. The molecule has 2 amide bonds. The van der Waals surface area contributed by atoms with Crippen LogP contribution in [0.5, 0.6) is 0 Å². The molecule has 4 nitrogen and oxygen atoms in total. The quantitative estimate of drug-likeness (QED) is 0.870. The SMILES string of the molecule is CC(=O)NCC(=O)Nc1cccc(C(F)(F)F)c1. The second kappa shape index (κ2) is 5.52. The number of hydrogen-bond acceptors (Lipinski definition) is 2. The lowest BCUT2D eigenvalue weighted by molar-refractivity contribution is -0.137. The smallest absolute Gasteiger partial charge is 0.347 e. The summed E-state index contributed by atoms with van der Waals surface area (Å²) < 4.78 is 37.2. The molecule has 2 N–H and O–H groups in total. The van der Waals surface area contributed by atoms with Gasteiger partial charge in [0.1, 0.15) is 0 Å². The van der Waals surface area contributed by atoms with Crippen LogP contribution in [-0.2, 0) is 15.8 Å². The van der Waals surface area contributed by atoms with E-state index in [0.717, 1.165) is 12.1 Å². The Morgan fingerprint density at radius 3 is 2.50 bits per heavy atom. The van der Waals surface area contributed by atoms with E-state index in [1.54, 1.807) is 0 Å². The van der Waals surface area contributed by atoms with Crippen molar-refractivity contribution in [1.82, 2.24) is 5.32 Å². The fourth-order valence-electron chi connectivity index (χ4n) is 1.18. The van der Waals surface area contributed by atoms with Gasteiger partial charge in [0.05, 0.1) is 12.1 Å². The van der Waals surface area contributed by atoms with Crippen LogP contribution in [0.2, 0.25) is 0 Å². The van der Waals surface area contributed by atoms with Crippen molar-refractivity contribution in [1.29, 1.82) is 0 Å². The Hall–Kier alpha value is -2.05. The lowest BCUT2D eigenvalue weighted by Crippen LogP contribution is -2.31. The van der Waals surface area contributed by atoms with Gasteiger partial charge in [-0.25, -0.2) is 0 Å². The van der Waals surface area contributed by atoms with Crippen LogP contribution < -0.4 is 10.6 Å². The average Bonchev–Trinajstić information content (AvgIpc) is 2.25. The van der Waals surface area contributed by atoms with Crippen molar-refractivity contribution in [3.63, 3.8) is 0 Å². The Morgan fingerprint density at radius 2 is 1.94 bits per heavy atom. The summed E-state index contributed by atoms with van der Waals surface area (Å²) in [7, 11) is 0. The fraction of sp³-hybridized carbons (Fsp3) is 0.273. The zero-order chi connectivity index (χ0) is 13.8. The summed E-state index contributed by atoms with van der Waals surface area (Å²) in [6, 6.07) is 4.26. The second-order valence-electron chi connectivity index (χ2n) is 3.54. The maximum Gasteiger partial charge on any atom is 0.416 e. The van der Waals surface area contributed by atoms with Gasteiger partial charge in [0, 0.05) is 12.6 Å². The summed E-state index contributed by atoms with van der Waals surface area (Å²) in [5, 5.41) is 4.49. The number of hydrogen-bond donors (Lipinski definition) is 2. The molecule has 98 valence electrons. The summed E-state index contributed by atoms with van der Waals surface area (Å²) in [4.78, 5) is 21.8. The molecule has 0 heterocycles. The molecular formula is C11H11F3N2O2. The zero-order valence-electron chi connectivity index (χ0n) is 9.47. The van der Waals surface area contributed by atoms with Crippen LogP contribution in [0.25, 0.3) is 0 Å². The molecule has 7 heteroatoms. The first-order valence-corrected chi connectivity index (χ1v) is 5.00. The second-order valence-corrected chi connectivity index (χ2v) is 3.54. The molecule has 0 fully saturated rings. The molecule has 0 unspecified atom stereocenters. The van der Waals surface area contributed by atoms with E-state index in [1.807, 2.05) is 0 Å². The van der Waals surface area contributed by atoms with Crippen molar-refractivity contribution < 1.29 is 22.8 Å². The number of carbonyl (C=O) groups is 2. The molecule has 1 rings (SSSR count). The summed E-state index contributed by atoms with van der Waals surface area (Å²) in [6.45, 7) is 0.948. The highest BCUT2D eigenvalue weighted by atomic mass is 19.4. The van der Waals surface area contributed by atoms with Gasteiger partial charge >= 0.3 is 6.18 Å². The van der Waals surface area contributed by atoms with E-state index in [1.165, 1.54) is 19.1 Å². The molecule has 0 atom stereocenters. The van der Waals surface area contributed by atoms with Crippen LogP contribution in [0.3, 0.4) is 0 Å². The van der Waals surface area contributed by atoms with E-state index < -0.39 is 23.6 Å². The molecule has 18 heavy (non-hydrogen) atoms. The number of alkyl halides is 3. The Balaban J connectivity index is 2.68. The molecule has 0 aliphatic heterocycles. The molecule has 0 saturated heterocycles. The van der Waals surface area contributed by atoms with Gasteiger partial charge in [0.2, 0.25) is 11.8 Å². The van der Waals surface area contributed by atoms with Gasteiger partial charge in [-0.15, -0.1) is 0 Å². The van der Waals surface area contributed by atoms with Crippen molar-refractivity contribution in [3.05, 3.63) is 29.8 Å². The van der Waals surface area contributed by atoms with E-state index in [0.29, 0.717) is 0 Å². The third-order valence-corrected chi connectivity index (χ3v) is 1.97. The van der Waals surface area contributed by atoms with E-state index in [-0.39, 0.29) is 12.2 Å². The first-order valence-electron chi connectivity index (χ1n) is 5.00. The van der Waals surface area contributed by atoms with Crippen LogP contribution >= 0.6 is 0 Å². The molecule has 0 aliphatic carbocycles. The monoisotopic (exact) mass is 260 g/mol. The molecular weight excluding hydrogens is 249 g/mol. The van der Waals surface area contributed by atoms with Gasteiger partial charge in [0.15, 0.2) is 0 Å². The molecule has 1 aromatic rings. The molecule has 0 saturated carbocycles. The van der Waals surface area contributed by atoms with Gasteiger partial charge in [-0.1, -0.05) is 6.07 Å². The number of nitrogens with one attached hydrogen (secondary N) is 2. The molecule has 0 spiro atoms. The molecule has 0 aromatic heterocycles. The van der Waals surface area contributed by atoms with Crippen molar-refractivity contribution in [3.8, 4) is 0 Å². The Bertz CT molecular complexity index is 458. The van der Waals surface area contributed by atoms with Gasteiger partial charge in [-0.05, 0) is 18.2 Å². The van der Waals surface area contributed by atoms with Gasteiger partial charge in [-0.3, -0.25) is 9.59 Å². The number of halogens is 3. The maximum atomic E-state index is 12.4. The minimum Gasteiger partial charge on any atom is -0.347 e. The first kappa shape index (κ1) is 14.0. The third-order valence-electron chi connectivity index (χ3n) is 1.97. The minimum absolute atomic E-state index is 0.0279. The van der Waals surface area contributed by atoms with Crippen molar-refractivity contribution in [2.75, 3.05) is 11.9 Å². The molecule has 0 bridgehead atoms. The normalized spacial score (nSPS) is 10.9. The third kappa shape index (κ3) is 4.44. The molecule has 0 radical (unpaired) electrons. The van der Waals surface area contributed by atoms with Crippen LogP contribution in [-0.4, -0.2) is 18.4 Å². The van der Waals surface area contributed by atoms with Crippen molar-refractivity contribution in [2.45, 2.75) is 13.1 Å². The summed E-state index contributed by atoms with van der Waals surface area (Å²) in [6.07, 6.45) is -4.46. The number of rotatable bonds is 3. The first-order chi connectivity index (χ1) is 8.29.